The molecular weight excluding hydrogens is 340 g/mol. The van der Waals surface area contributed by atoms with Gasteiger partial charge in [0.05, 0.1) is 26.4 Å². The van der Waals surface area contributed by atoms with E-state index in [1.807, 2.05) is 31.2 Å². The van der Waals surface area contributed by atoms with Gasteiger partial charge in [0.2, 0.25) is 0 Å². The monoisotopic (exact) mass is 374 g/mol. The van der Waals surface area contributed by atoms with Gasteiger partial charge in [0.25, 0.3) is 0 Å². The summed E-state index contributed by atoms with van der Waals surface area (Å²) in [5, 5.41) is 22.3. The molecule has 0 bridgehead atoms. The Morgan fingerprint density at radius 2 is 1.93 bits per heavy atom. The molecule has 0 aromatic heterocycles. The number of allylic oxidation sites excluding steroid dienone is 3. The van der Waals surface area contributed by atoms with Crippen LogP contribution in [0.4, 0.5) is 0 Å². The standard InChI is InChI=1S/C23H34O4/c1-6-13-23(18-10-11-19(26-4)20(15-18)27-5)14-12-16(2)8-7-9-17(3)21(24)22(23)25/h6,8,10-11,15,17,21-22,24-25H,1,7,9,12-14H2,2-5H3/b16-8+/t17-,21+,22?,23+/m0/s1. The van der Waals surface area contributed by atoms with Gasteiger partial charge in [0, 0.05) is 5.41 Å². The predicted octanol–water partition coefficient (Wildman–Crippen LogP) is 4.40. The van der Waals surface area contributed by atoms with Crippen LogP contribution < -0.4 is 9.47 Å². The molecular formula is C23H34O4. The molecule has 150 valence electrons. The van der Waals surface area contributed by atoms with Gasteiger partial charge >= 0.3 is 0 Å². The van der Waals surface area contributed by atoms with Crippen LogP contribution in [0.15, 0.2) is 42.5 Å². The average Bonchev–Trinajstić information content (AvgIpc) is 2.68. The van der Waals surface area contributed by atoms with Crippen LogP contribution in [0, 0.1) is 5.92 Å². The minimum absolute atomic E-state index is 0.00600. The second-order valence-corrected chi connectivity index (χ2v) is 7.76. The molecule has 0 heterocycles. The zero-order chi connectivity index (χ0) is 20.0. The first-order valence-electron chi connectivity index (χ1n) is 9.74. The number of aliphatic hydroxyl groups excluding tert-OH is 2. The molecule has 0 radical (unpaired) electrons. The fourth-order valence-electron chi connectivity index (χ4n) is 4.13. The highest BCUT2D eigenvalue weighted by Gasteiger charge is 2.44. The number of hydrogen-bond donors (Lipinski definition) is 2. The van der Waals surface area contributed by atoms with Gasteiger partial charge in [-0.25, -0.2) is 0 Å². The fourth-order valence-corrected chi connectivity index (χ4v) is 4.13. The molecule has 2 rings (SSSR count). The first kappa shape index (κ1) is 21.5. The van der Waals surface area contributed by atoms with Gasteiger partial charge in [0.15, 0.2) is 11.5 Å². The van der Waals surface area contributed by atoms with Crippen molar-refractivity contribution < 1.29 is 19.7 Å². The first-order valence-corrected chi connectivity index (χ1v) is 9.74. The molecule has 0 saturated heterocycles. The Kier molecular flexibility index (Phi) is 7.51. The highest BCUT2D eigenvalue weighted by atomic mass is 16.5. The molecule has 2 N–H and O–H groups in total. The lowest BCUT2D eigenvalue weighted by Crippen LogP contribution is -2.49. The molecule has 1 unspecified atom stereocenters. The summed E-state index contributed by atoms with van der Waals surface area (Å²) in [6.07, 6.45) is 6.34. The minimum atomic E-state index is -0.894. The number of methoxy groups -OCH3 is 2. The Morgan fingerprint density at radius 1 is 1.22 bits per heavy atom. The van der Waals surface area contributed by atoms with E-state index < -0.39 is 17.6 Å². The molecule has 1 aromatic carbocycles. The van der Waals surface area contributed by atoms with E-state index in [9.17, 15) is 10.2 Å². The number of ether oxygens (including phenoxy) is 2. The summed E-state index contributed by atoms with van der Waals surface area (Å²) in [6.45, 7) is 8.08. The van der Waals surface area contributed by atoms with Crippen LogP contribution >= 0.6 is 0 Å². The van der Waals surface area contributed by atoms with Gasteiger partial charge < -0.3 is 19.7 Å². The van der Waals surface area contributed by atoms with E-state index in [-0.39, 0.29) is 5.92 Å². The summed E-state index contributed by atoms with van der Waals surface area (Å²) in [7, 11) is 3.21. The van der Waals surface area contributed by atoms with Crippen molar-refractivity contribution in [2.24, 2.45) is 5.92 Å². The van der Waals surface area contributed by atoms with Crippen molar-refractivity contribution >= 4 is 0 Å². The summed E-state index contributed by atoms with van der Waals surface area (Å²) in [4.78, 5) is 0. The molecule has 4 nitrogen and oxygen atoms in total. The van der Waals surface area contributed by atoms with Crippen molar-refractivity contribution in [3.8, 4) is 11.5 Å². The molecule has 1 aliphatic carbocycles. The van der Waals surface area contributed by atoms with E-state index in [1.165, 1.54) is 5.57 Å². The molecule has 0 amide bonds. The Labute approximate surface area is 163 Å². The van der Waals surface area contributed by atoms with Crippen molar-refractivity contribution in [3.63, 3.8) is 0 Å². The van der Waals surface area contributed by atoms with E-state index in [2.05, 4.69) is 19.6 Å². The molecule has 4 heteroatoms. The topological polar surface area (TPSA) is 58.9 Å². The molecule has 4 atom stereocenters. The smallest absolute Gasteiger partial charge is 0.161 e. The first-order chi connectivity index (χ1) is 12.9. The van der Waals surface area contributed by atoms with Crippen LogP contribution in [0.5, 0.6) is 11.5 Å². The van der Waals surface area contributed by atoms with Gasteiger partial charge in [-0.05, 0) is 62.6 Å². The third-order valence-corrected chi connectivity index (χ3v) is 6.02. The summed E-state index contributed by atoms with van der Waals surface area (Å²) in [6, 6.07) is 5.76. The summed E-state index contributed by atoms with van der Waals surface area (Å²) < 4.78 is 10.9. The SMILES string of the molecule is C=CC[C@]1(c2ccc(OC)c(OC)c2)CC/C(C)=C/CC[C@H](C)[C@@H](O)C1O. The van der Waals surface area contributed by atoms with E-state index in [0.717, 1.165) is 31.2 Å². The lowest BCUT2D eigenvalue weighted by atomic mass is 9.66. The zero-order valence-corrected chi connectivity index (χ0v) is 17.1. The van der Waals surface area contributed by atoms with Crippen molar-refractivity contribution in [1.82, 2.24) is 0 Å². The molecule has 0 saturated carbocycles. The average molecular weight is 375 g/mol. The minimum Gasteiger partial charge on any atom is -0.493 e. The second kappa shape index (κ2) is 9.43. The van der Waals surface area contributed by atoms with Crippen molar-refractivity contribution in [2.45, 2.75) is 63.6 Å². The molecule has 1 aliphatic rings. The maximum atomic E-state index is 11.4. The van der Waals surface area contributed by atoms with Gasteiger partial charge in [-0.15, -0.1) is 6.58 Å². The quantitative estimate of drug-likeness (QED) is 0.750. The molecule has 0 fully saturated rings. The van der Waals surface area contributed by atoms with E-state index in [4.69, 9.17) is 9.47 Å². The van der Waals surface area contributed by atoms with Crippen molar-refractivity contribution in [2.75, 3.05) is 14.2 Å². The fraction of sp³-hybridized carbons (Fsp3) is 0.565. The Hall–Kier alpha value is -1.78. The molecule has 0 spiro atoms. The van der Waals surface area contributed by atoms with Crippen molar-refractivity contribution in [1.29, 1.82) is 0 Å². The summed E-state index contributed by atoms with van der Waals surface area (Å²) >= 11 is 0. The van der Waals surface area contributed by atoms with Crippen LogP contribution in [0.1, 0.15) is 51.5 Å². The normalized spacial score (nSPS) is 31.5. The lowest BCUT2D eigenvalue weighted by Gasteiger charge is -2.42. The summed E-state index contributed by atoms with van der Waals surface area (Å²) in [5.41, 5.74) is 1.62. The maximum absolute atomic E-state index is 11.4. The highest BCUT2D eigenvalue weighted by Crippen LogP contribution is 2.44. The van der Waals surface area contributed by atoms with E-state index in [1.54, 1.807) is 14.2 Å². The number of hydrogen-bond acceptors (Lipinski definition) is 4. The molecule has 0 aliphatic heterocycles. The number of aliphatic hydroxyl groups is 2. The summed E-state index contributed by atoms with van der Waals surface area (Å²) in [5.74, 6) is 1.28. The van der Waals surface area contributed by atoms with Crippen LogP contribution in [-0.4, -0.2) is 36.6 Å². The van der Waals surface area contributed by atoms with Crippen LogP contribution in [0.2, 0.25) is 0 Å². The van der Waals surface area contributed by atoms with Gasteiger partial charge in [-0.1, -0.05) is 30.7 Å². The van der Waals surface area contributed by atoms with Crippen LogP contribution in [0.25, 0.3) is 0 Å². The second-order valence-electron chi connectivity index (χ2n) is 7.76. The van der Waals surface area contributed by atoms with Crippen LogP contribution in [0.3, 0.4) is 0 Å². The Bertz CT molecular complexity index is 666. The maximum Gasteiger partial charge on any atom is 0.161 e. The lowest BCUT2D eigenvalue weighted by molar-refractivity contribution is -0.0608. The zero-order valence-electron chi connectivity index (χ0n) is 17.1. The van der Waals surface area contributed by atoms with E-state index in [0.29, 0.717) is 17.9 Å². The van der Waals surface area contributed by atoms with Gasteiger partial charge in [0.1, 0.15) is 0 Å². The predicted molar refractivity (Wildman–Crippen MR) is 109 cm³/mol. The number of benzene rings is 1. The van der Waals surface area contributed by atoms with Crippen molar-refractivity contribution in [3.05, 3.63) is 48.1 Å². The Balaban J connectivity index is 2.60. The molecule has 1 aromatic rings. The highest BCUT2D eigenvalue weighted by molar-refractivity contribution is 5.46. The third-order valence-electron chi connectivity index (χ3n) is 6.02. The molecule has 27 heavy (non-hydrogen) atoms. The third kappa shape index (κ3) is 4.56. The van der Waals surface area contributed by atoms with Gasteiger partial charge in [-0.2, -0.15) is 0 Å². The van der Waals surface area contributed by atoms with Crippen LogP contribution in [-0.2, 0) is 5.41 Å². The number of rotatable bonds is 5. The van der Waals surface area contributed by atoms with E-state index >= 15 is 0 Å². The Morgan fingerprint density at radius 3 is 2.56 bits per heavy atom. The van der Waals surface area contributed by atoms with Gasteiger partial charge in [-0.3, -0.25) is 0 Å². The largest absolute Gasteiger partial charge is 0.493 e.